The molecule has 4 nitrogen and oxygen atoms in total. The van der Waals surface area contributed by atoms with E-state index in [1.807, 2.05) is 54.6 Å². The Labute approximate surface area is 123 Å². The van der Waals surface area contributed by atoms with Crippen LogP contribution in [0.1, 0.15) is 16.1 Å². The molecule has 3 aromatic rings. The summed E-state index contributed by atoms with van der Waals surface area (Å²) in [5.41, 5.74) is 2.31. The van der Waals surface area contributed by atoms with Gasteiger partial charge in [0.1, 0.15) is 12.0 Å². The van der Waals surface area contributed by atoms with Gasteiger partial charge in [-0.3, -0.25) is 4.79 Å². The SMILES string of the molecule is CN(Cc1ccccc1)C(=O)c1ncnc2ccccc12. The molecule has 0 spiro atoms. The summed E-state index contributed by atoms with van der Waals surface area (Å²) in [5, 5.41) is 0.782. The van der Waals surface area contributed by atoms with Crippen molar-refractivity contribution in [2.75, 3.05) is 7.05 Å². The number of para-hydroxylation sites is 1. The van der Waals surface area contributed by atoms with Gasteiger partial charge in [0.05, 0.1) is 5.52 Å². The summed E-state index contributed by atoms with van der Waals surface area (Å²) in [4.78, 5) is 22.6. The number of nitrogens with zero attached hydrogens (tertiary/aromatic N) is 3. The monoisotopic (exact) mass is 277 g/mol. The number of aromatic nitrogens is 2. The van der Waals surface area contributed by atoms with Gasteiger partial charge in [-0.1, -0.05) is 48.5 Å². The summed E-state index contributed by atoms with van der Waals surface area (Å²) in [6.45, 7) is 0.554. The van der Waals surface area contributed by atoms with Crippen molar-refractivity contribution in [1.29, 1.82) is 0 Å². The number of fused-ring (bicyclic) bond motifs is 1. The highest BCUT2D eigenvalue weighted by Gasteiger charge is 2.16. The average Bonchev–Trinajstić information content (AvgIpc) is 2.54. The van der Waals surface area contributed by atoms with E-state index >= 15 is 0 Å². The molecule has 2 aromatic carbocycles. The van der Waals surface area contributed by atoms with Gasteiger partial charge in [-0.05, 0) is 11.6 Å². The van der Waals surface area contributed by atoms with Crippen LogP contribution in [-0.2, 0) is 6.54 Å². The van der Waals surface area contributed by atoms with E-state index in [2.05, 4.69) is 9.97 Å². The second-order valence-corrected chi connectivity index (χ2v) is 4.89. The van der Waals surface area contributed by atoms with Crippen molar-refractivity contribution < 1.29 is 4.79 Å². The first kappa shape index (κ1) is 13.2. The summed E-state index contributed by atoms with van der Waals surface area (Å²) >= 11 is 0. The summed E-state index contributed by atoms with van der Waals surface area (Å²) in [6, 6.07) is 17.4. The molecule has 4 heteroatoms. The number of hydrogen-bond donors (Lipinski definition) is 0. The van der Waals surface area contributed by atoms with E-state index < -0.39 is 0 Å². The van der Waals surface area contributed by atoms with Crippen molar-refractivity contribution in [3.8, 4) is 0 Å². The Hall–Kier alpha value is -2.75. The van der Waals surface area contributed by atoms with Gasteiger partial charge in [0.25, 0.3) is 5.91 Å². The first-order valence-corrected chi connectivity index (χ1v) is 6.75. The number of carbonyl (C=O) groups is 1. The van der Waals surface area contributed by atoms with Crippen LogP contribution in [0.2, 0.25) is 0 Å². The molecule has 3 rings (SSSR count). The van der Waals surface area contributed by atoms with E-state index in [0.717, 1.165) is 16.5 Å². The Kier molecular flexibility index (Phi) is 3.60. The van der Waals surface area contributed by atoms with Crippen molar-refractivity contribution >= 4 is 16.8 Å². The minimum absolute atomic E-state index is 0.0996. The summed E-state index contributed by atoms with van der Waals surface area (Å²) in [6.07, 6.45) is 1.44. The van der Waals surface area contributed by atoms with Crippen molar-refractivity contribution in [1.82, 2.24) is 14.9 Å². The maximum Gasteiger partial charge on any atom is 0.273 e. The second-order valence-electron chi connectivity index (χ2n) is 4.89. The third-order valence-corrected chi connectivity index (χ3v) is 3.35. The Bertz CT molecular complexity index is 766. The molecule has 0 saturated carbocycles. The molecule has 0 fully saturated rings. The molecule has 1 heterocycles. The van der Waals surface area contributed by atoms with E-state index in [4.69, 9.17) is 0 Å². The predicted molar refractivity (Wildman–Crippen MR) is 81.8 cm³/mol. The van der Waals surface area contributed by atoms with Crippen LogP contribution in [0.4, 0.5) is 0 Å². The Balaban J connectivity index is 1.90. The van der Waals surface area contributed by atoms with E-state index in [9.17, 15) is 4.79 Å². The Morgan fingerprint density at radius 2 is 1.71 bits per heavy atom. The van der Waals surface area contributed by atoms with Crippen LogP contribution in [0.25, 0.3) is 10.9 Å². The lowest BCUT2D eigenvalue weighted by Crippen LogP contribution is -2.27. The first-order valence-electron chi connectivity index (χ1n) is 6.75. The van der Waals surface area contributed by atoms with Crippen LogP contribution in [0.5, 0.6) is 0 Å². The molecule has 0 bridgehead atoms. The molecular weight excluding hydrogens is 262 g/mol. The van der Waals surface area contributed by atoms with Crippen molar-refractivity contribution in [2.24, 2.45) is 0 Å². The Morgan fingerprint density at radius 3 is 2.52 bits per heavy atom. The summed E-state index contributed by atoms with van der Waals surface area (Å²) in [7, 11) is 1.78. The fraction of sp³-hybridized carbons (Fsp3) is 0.118. The third-order valence-electron chi connectivity index (χ3n) is 3.35. The molecule has 0 unspecified atom stereocenters. The van der Waals surface area contributed by atoms with Crippen molar-refractivity contribution in [3.05, 3.63) is 72.2 Å². The highest BCUT2D eigenvalue weighted by atomic mass is 16.2. The molecule has 0 aliphatic heterocycles. The molecule has 0 saturated heterocycles. The summed E-state index contributed by atoms with van der Waals surface area (Å²) in [5.74, 6) is -0.0996. The number of hydrogen-bond acceptors (Lipinski definition) is 3. The van der Waals surface area contributed by atoms with Crippen LogP contribution in [-0.4, -0.2) is 27.8 Å². The molecule has 0 aliphatic rings. The molecule has 0 radical (unpaired) electrons. The maximum absolute atomic E-state index is 12.6. The lowest BCUT2D eigenvalue weighted by atomic mass is 10.1. The average molecular weight is 277 g/mol. The van der Waals surface area contributed by atoms with Gasteiger partial charge in [-0.2, -0.15) is 0 Å². The zero-order valence-electron chi connectivity index (χ0n) is 11.7. The summed E-state index contributed by atoms with van der Waals surface area (Å²) < 4.78 is 0. The minimum atomic E-state index is -0.0996. The first-order chi connectivity index (χ1) is 10.3. The minimum Gasteiger partial charge on any atom is -0.336 e. The molecular formula is C17H15N3O. The van der Waals surface area contributed by atoms with Gasteiger partial charge in [0, 0.05) is 19.0 Å². The van der Waals surface area contributed by atoms with Gasteiger partial charge in [0.2, 0.25) is 0 Å². The van der Waals surface area contributed by atoms with Gasteiger partial charge >= 0.3 is 0 Å². The molecule has 1 aromatic heterocycles. The van der Waals surface area contributed by atoms with E-state index in [0.29, 0.717) is 12.2 Å². The fourth-order valence-electron chi connectivity index (χ4n) is 2.29. The maximum atomic E-state index is 12.6. The lowest BCUT2D eigenvalue weighted by Gasteiger charge is -2.17. The number of carbonyl (C=O) groups excluding carboxylic acids is 1. The van der Waals surface area contributed by atoms with Gasteiger partial charge < -0.3 is 4.90 Å². The molecule has 0 N–H and O–H groups in total. The normalized spacial score (nSPS) is 10.5. The highest BCUT2D eigenvalue weighted by molar-refractivity contribution is 6.03. The van der Waals surface area contributed by atoms with E-state index in [1.165, 1.54) is 6.33 Å². The fourth-order valence-corrected chi connectivity index (χ4v) is 2.29. The third kappa shape index (κ3) is 2.74. The predicted octanol–water partition coefficient (Wildman–Crippen LogP) is 2.90. The smallest absolute Gasteiger partial charge is 0.273 e. The quantitative estimate of drug-likeness (QED) is 0.739. The molecule has 21 heavy (non-hydrogen) atoms. The Morgan fingerprint density at radius 1 is 1.00 bits per heavy atom. The highest BCUT2D eigenvalue weighted by Crippen LogP contribution is 2.16. The van der Waals surface area contributed by atoms with Gasteiger partial charge in [0.15, 0.2) is 0 Å². The molecule has 104 valence electrons. The molecule has 1 amide bonds. The molecule has 0 atom stereocenters. The van der Waals surface area contributed by atoms with Crippen molar-refractivity contribution in [2.45, 2.75) is 6.54 Å². The largest absolute Gasteiger partial charge is 0.336 e. The van der Waals surface area contributed by atoms with Crippen LogP contribution < -0.4 is 0 Å². The second kappa shape index (κ2) is 5.71. The van der Waals surface area contributed by atoms with Gasteiger partial charge in [-0.25, -0.2) is 9.97 Å². The topological polar surface area (TPSA) is 46.1 Å². The van der Waals surface area contributed by atoms with Crippen LogP contribution in [0.15, 0.2) is 60.9 Å². The number of amides is 1. The lowest BCUT2D eigenvalue weighted by molar-refractivity contribution is 0.0781. The number of rotatable bonds is 3. The number of benzene rings is 2. The molecule has 0 aliphatic carbocycles. The van der Waals surface area contributed by atoms with Gasteiger partial charge in [-0.15, -0.1) is 0 Å². The standard InChI is InChI=1S/C17H15N3O/c1-20(11-13-7-3-2-4-8-13)17(21)16-14-9-5-6-10-15(14)18-12-19-16/h2-10,12H,11H2,1H3. The van der Waals surface area contributed by atoms with Crippen LogP contribution in [0.3, 0.4) is 0 Å². The van der Waals surface area contributed by atoms with E-state index in [1.54, 1.807) is 11.9 Å². The zero-order chi connectivity index (χ0) is 14.7. The van der Waals surface area contributed by atoms with Crippen molar-refractivity contribution in [3.63, 3.8) is 0 Å². The van der Waals surface area contributed by atoms with Crippen LogP contribution >= 0.6 is 0 Å². The zero-order valence-corrected chi connectivity index (χ0v) is 11.7. The van der Waals surface area contributed by atoms with E-state index in [-0.39, 0.29) is 5.91 Å². The van der Waals surface area contributed by atoms with Crippen LogP contribution in [0, 0.1) is 0 Å².